The van der Waals surface area contributed by atoms with E-state index in [1.807, 2.05) is 36.9 Å². The summed E-state index contributed by atoms with van der Waals surface area (Å²) in [4.78, 5) is 15.1. The topological polar surface area (TPSA) is 78.8 Å². The first-order chi connectivity index (χ1) is 13.4. The summed E-state index contributed by atoms with van der Waals surface area (Å²) < 4.78 is 28.9. The van der Waals surface area contributed by atoms with Gasteiger partial charge in [-0.2, -0.15) is 8.42 Å². The van der Waals surface area contributed by atoms with E-state index in [0.717, 1.165) is 24.1 Å². The predicted octanol–water partition coefficient (Wildman–Crippen LogP) is 3.25. The number of hydrogen-bond acceptors (Lipinski definition) is 4. The second-order valence-corrected chi connectivity index (χ2v) is 8.95. The number of aryl methyl sites for hydroxylation is 2. The summed E-state index contributed by atoms with van der Waals surface area (Å²) in [7, 11) is -3.71. The minimum Gasteiger partial charge on any atom is -0.343 e. The molecule has 2 heterocycles. The number of benzene rings is 2. The monoisotopic (exact) mass is 397 g/mol. The lowest BCUT2D eigenvalue weighted by Gasteiger charge is -2.36. The van der Waals surface area contributed by atoms with E-state index in [-0.39, 0.29) is 10.8 Å². The lowest BCUT2D eigenvalue weighted by atomic mass is 9.99. The molecule has 0 bridgehead atoms. The van der Waals surface area contributed by atoms with Gasteiger partial charge in [0.2, 0.25) is 5.91 Å². The zero-order valence-electron chi connectivity index (χ0n) is 16.0. The molecule has 146 valence electrons. The molecule has 0 spiro atoms. The molecular weight excluding hydrogens is 374 g/mol. The molecular formula is C21H23N3O3S. The van der Waals surface area contributed by atoms with Crippen LogP contribution in [0, 0.1) is 13.8 Å². The lowest BCUT2D eigenvalue weighted by Crippen LogP contribution is -2.50. The largest absolute Gasteiger partial charge is 0.343 e. The third kappa shape index (κ3) is 3.30. The van der Waals surface area contributed by atoms with Crippen LogP contribution in [-0.2, 0) is 14.8 Å². The second kappa shape index (κ2) is 7.05. The molecule has 2 aromatic carbocycles. The number of anilines is 1. The molecule has 2 aliphatic heterocycles. The number of carbonyl (C=O) groups is 1. The second-order valence-electron chi connectivity index (χ2n) is 7.38. The maximum absolute atomic E-state index is 13.0. The summed E-state index contributed by atoms with van der Waals surface area (Å²) in [6.45, 7) is 4.64. The summed E-state index contributed by atoms with van der Waals surface area (Å²) in [5.41, 5.74) is 3.60. The highest BCUT2D eigenvalue weighted by atomic mass is 32.2. The number of carbonyl (C=O) groups excluding carboxylic acids is 1. The Balaban J connectivity index is 1.64. The van der Waals surface area contributed by atoms with E-state index in [9.17, 15) is 13.2 Å². The van der Waals surface area contributed by atoms with Gasteiger partial charge in [0.1, 0.15) is 10.9 Å². The van der Waals surface area contributed by atoms with E-state index >= 15 is 0 Å². The number of amidine groups is 1. The van der Waals surface area contributed by atoms with Crippen molar-refractivity contribution in [3.05, 3.63) is 59.2 Å². The Hall–Kier alpha value is -2.67. The normalized spacial score (nSPS) is 20.4. The number of piperidine rings is 1. The quantitative estimate of drug-likeness (QED) is 0.844. The van der Waals surface area contributed by atoms with Crippen molar-refractivity contribution in [1.82, 2.24) is 4.90 Å². The van der Waals surface area contributed by atoms with Crippen molar-refractivity contribution in [1.29, 1.82) is 0 Å². The van der Waals surface area contributed by atoms with E-state index in [1.54, 1.807) is 24.3 Å². The molecule has 6 nitrogen and oxygen atoms in total. The van der Waals surface area contributed by atoms with Crippen LogP contribution in [0.25, 0.3) is 0 Å². The van der Waals surface area contributed by atoms with Crippen LogP contribution in [0.3, 0.4) is 0 Å². The van der Waals surface area contributed by atoms with Crippen molar-refractivity contribution < 1.29 is 13.2 Å². The first-order valence-electron chi connectivity index (χ1n) is 9.46. The van der Waals surface area contributed by atoms with Gasteiger partial charge in [0.25, 0.3) is 10.0 Å². The fraction of sp³-hybridized carbons (Fsp3) is 0.333. The number of hydrogen-bond donors (Lipinski definition) is 1. The first kappa shape index (κ1) is 18.7. The molecule has 2 aromatic rings. The number of likely N-dealkylation sites (tertiary alicyclic amines) is 1. The highest BCUT2D eigenvalue weighted by molar-refractivity contribution is 7.90. The van der Waals surface area contributed by atoms with Crippen LogP contribution in [0.5, 0.6) is 0 Å². The Labute approximate surface area is 165 Å². The Kier molecular flexibility index (Phi) is 4.71. The van der Waals surface area contributed by atoms with Crippen LogP contribution in [0.2, 0.25) is 0 Å². The van der Waals surface area contributed by atoms with E-state index in [1.165, 1.54) is 5.56 Å². The van der Waals surface area contributed by atoms with Gasteiger partial charge in [-0.3, -0.25) is 4.79 Å². The molecule has 1 fully saturated rings. The SMILES string of the molecule is Cc1ccc(NC(=O)[C@H]2CCCCN2C2=NS(=O)(=O)c3ccccc32)cc1C. The fourth-order valence-corrected chi connectivity index (χ4v) is 5.02. The zero-order valence-corrected chi connectivity index (χ0v) is 16.8. The minimum atomic E-state index is -3.71. The number of nitrogens with zero attached hydrogens (tertiary/aromatic N) is 2. The summed E-state index contributed by atoms with van der Waals surface area (Å²) in [5.74, 6) is 0.253. The molecule has 0 saturated carbocycles. The molecule has 1 saturated heterocycles. The van der Waals surface area contributed by atoms with Crippen LogP contribution in [0.1, 0.15) is 36.0 Å². The molecule has 4 rings (SSSR count). The summed E-state index contributed by atoms with van der Waals surface area (Å²) >= 11 is 0. The average molecular weight is 398 g/mol. The molecule has 1 N–H and O–H groups in total. The molecule has 0 unspecified atom stereocenters. The molecule has 1 atom stereocenters. The Morgan fingerprint density at radius 1 is 1.11 bits per heavy atom. The van der Waals surface area contributed by atoms with Gasteiger partial charge in [-0.15, -0.1) is 4.40 Å². The fourth-order valence-electron chi connectivity index (χ4n) is 3.80. The van der Waals surface area contributed by atoms with Gasteiger partial charge in [-0.05, 0) is 68.5 Å². The highest BCUT2D eigenvalue weighted by Gasteiger charge is 2.37. The molecule has 0 radical (unpaired) electrons. The van der Waals surface area contributed by atoms with Crippen LogP contribution >= 0.6 is 0 Å². The number of rotatable bonds is 2. The average Bonchev–Trinajstić information content (AvgIpc) is 2.96. The van der Waals surface area contributed by atoms with Gasteiger partial charge < -0.3 is 10.2 Å². The molecule has 28 heavy (non-hydrogen) atoms. The Morgan fingerprint density at radius 3 is 2.68 bits per heavy atom. The van der Waals surface area contributed by atoms with E-state index in [2.05, 4.69) is 9.71 Å². The van der Waals surface area contributed by atoms with Crippen molar-refractivity contribution in [2.45, 2.75) is 44.0 Å². The lowest BCUT2D eigenvalue weighted by molar-refractivity contribution is -0.120. The van der Waals surface area contributed by atoms with Gasteiger partial charge in [-0.1, -0.05) is 18.2 Å². The van der Waals surface area contributed by atoms with Crippen molar-refractivity contribution in [3.63, 3.8) is 0 Å². The predicted molar refractivity (Wildman–Crippen MR) is 109 cm³/mol. The van der Waals surface area contributed by atoms with E-state index < -0.39 is 16.1 Å². The smallest absolute Gasteiger partial charge is 0.285 e. The van der Waals surface area contributed by atoms with E-state index in [4.69, 9.17) is 0 Å². The van der Waals surface area contributed by atoms with Crippen LogP contribution in [0.15, 0.2) is 51.8 Å². The number of amides is 1. The maximum atomic E-state index is 13.0. The molecule has 1 amide bonds. The Morgan fingerprint density at radius 2 is 1.89 bits per heavy atom. The third-order valence-corrected chi connectivity index (χ3v) is 6.79. The van der Waals surface area contributed by atoms with Gasteiger partial charge in [0.15, 0.2) is 5.84 Å². The molecule has 0 aliphatic carbocycles. The van der Waals surface area contributed by atoms with Crippen LogP contribution in [0.4, 0.5) is 5.69 Å². The van der Waals surface area contributed by atoms with Crippen molar-refractivity contribution in [3.8, 4) is 0 Å². The van der Waals surface area contributed by atoms with Crippen LogP contribution < -0.4 is 5.32 Å². The van der Waals surface area contributed by atoms with Gasteiger partial charge in [0.05, 0.1) is 0 Å². The van der Waals surface area contributed by atoms with Gasteiger partial charge in [0, 0.05) is 17.8 Å². The highest BCUT2D eigenvalue weighted by Crippen LogP contribution is 2.31. The van der Waals surface area contributed by atoms with Crippen molar-refractivity contribution >= 4 is 27.5 Å². The van der Waals surface area contributed by atoms with E-state index in [0.29, 0.717) is 24.4 Å². The Bertz CT molecular complexity index is 1080. The number of sulfonamides is 1. The minimum absolute atomic E-state index is 0.132. The summed E-state index contributed by atoms with van der Waals surface area (Å²) in [5, 5.41) is 2.99. The van der Waals surface area contributed by atoms with Crippen molar-refractivity contribution in [2.24, 2.45) is 4.40 Å². The number of nitrogens with one attached hydrogen (secondary N) is 1. The van der Waals surface area contributed by atoms with Gasteiger partial charge in [-0.25, -0.2) is 0 Å². The van der Waals surface area contributed by atoms with Gasteiger partial charge >= 0.3 is 0 Å². The maximum Gasteiger partial charge on any atom is 0.285 e. The van der Waals surface area contributed by atoms with Crippen molar-refractivity contribution in [2.75, 3.05) is 11.9 Å². The first-order valence-corrected chi connectivity index (χ1v) is 10.9. The zero-order chi connectivity index (χ0) is 19.9. The molecule has 7 heteroatoms. The molecule has 0 aromatic heterocycles. The number of fused-ring (bicyclic) bond motifs is 1. The summed E-state index contributed by atoms with van der Waals surface area (Å²) in [6.07, 6.45) is 2.48. The van der Waals surface area contributed by atoms with Crippen LogP contribution in [-0.4, -0.2) is 37.6 Å². The third-order valence-electron chi connectivity index (χ3n) is 5.46. The molecule has 2 aliphatic rings. The summed E-state index contributed by atoms with van der Waals surface area (Å²) in [6, 6.07) is 12.2. The standard InChI is InChI=1S/C21H23N3O3S/c1-14-10-11-16(13-15(14)2)22-21(25)18-8-5-6-12-24(18)20-17-7-3-4-9-19(17)28(26,27)23-20/h3-4,7,9-11,13,18H,5-6,8,12H2,1-2H3,(H,22,25)/t18-/m1/s1.